The first-order valence-electron chi connectivity index (χ1n) is 20.2. The van der Waals surface area contributed by atoms with Gasteiger partial charge < -0.3 is 25.8 Å². The molecular weight excluding hydrogens is 723 g/mol. The molecule has 5 heterocycles. The van der Waals surface area contributed by atoms with Crippen LogP contribution in [0.5, 0.6) is 0 Å². The molecule has 6 amide bonds. The number of nitrogens with zero attached hydrogens (tertiary/aromatic N) is 4. The van der Waals surface area contributed by atoms with Crippen LogP contribution in [0.3, 0.4) is 0 Å². The van der Waals surface area contributed by atoms with E-state index in [-0.39, 0.29) is 54.8 Å². The Morgan fingerprint density at radius 1 is 0.895 bits per heavy atom. The number of carbonyl (C=O) groups excluding carboxylic acids is 6. The van der Waals surface area contributed by atoms with Crippen molar-refractivity contribution >= 4 is 41.5 Å². The molecular formula is C44H51N7O6. The average molecular weight is 774 g/mol. The number of aromatic nitrogens is 1. The lowest BCUT2D eigenvalue weighted by atomic mass is 9.88. The van der Waals surface area contributed by atoms with E-state index < -0.39 is 18.0 Å². The molecule has 2 unspecified atom stereocenters. The van der Waals surface area contributed by atoms with Crippen molar-refractivity contribution < 1.29 is 28.8 Å². The molecule has 13 nitrogen and oxygen atoms in total. The van der Waals surface area contributed by atoms with Crippen molar-refractivity contribution in [2.45, 2.75) is 82.3 Å². The van der Waals surface area contributed by atoms with Gasteiger partial charge in [-0.1, -0.05) is 43.2 Å². The molecule has 0 saturated carbocycles. The Morgan fingerprint density at radius 3 is 2.37 bits per heavy atom. The summed E-state index contributed by atoms with van der Waals surface area (Å²) in [6, 6.07) is 15.2. The maximum Gasteiger partial charge on any atom is 0.255 e. The van der Waals surface area contributed by atoms with Crippen LogP contribution in [0.2, 0.25) is 0 Å². The number of fused-ring (bicyclic) bond motifs is 1. The molecule has 7 rings (SSSR count). The lowest BCUT2D eigenvalue weighted by molar-refractivity contribution is -0.137. The van der Waals surface area contributed by atoms with Gasteiger partial charge >= 0.3 is 0 Å². The minimum absolute atomic E-state index is 0.0609. The third-order valence-electron chi connectivity index (χ3n) is 12.0. The van der Waals surface area contributed by atoms with Gasteiger partial charge in [0.1, 0.15) is 12.1 Å². The summed E-state index contributed by atoms with van der Waals surface area (Å²) in [6.45, 7) is 3.38. The summed E-state index contributed by atoms with van der Waals surface area (Å²) in [5, 5.41) is 5.27. The quantitative estimate of drug-likeness (QED) is 0.140. The Morgan fingerprint density at radius 2 is 1.65 bits per heavy atom. The molecule has 4 N–H and O–H groups in total. The van der Waals surface area contributed by atoms with Crippen LogP contribution in [0, 0.1) is 5.92 Å². The summed E-state index contributed by atoms with van der Waals surface area (Å²) in [5.41, 5.74) is 11.0. The van der Waals surface area contributed by atoms with Crippen LogP contribution < -0.4 is 16.4 Å². The fourth-order valence-corrected chi connectivity index (χ4v) is 8.64. The van der Waals surface area contributed by atoms with Crippen LogP contribution in [0.4, 0.5) is 0 Å². The van der Waals surface area contributed by atoms with E-state index in [1.54, 1.807) is 41.6 Å². The molecule has 298 valence electrons. The highest BCUT2D eigenvalue weighted by atomic mass is 16.2. The first-order chi connectivity index (χ1) is 27.7. The smallest absolute Gasteiger partial charge is 0.255 e. The molecule has 57 heavy (non-hydrogen) atoms. The van der Waals surface area contributed by atoms with Crippen molar-refractivity contribution in [3.05, 3.63) is 106 Å². The highest BCUT2D eigenvalue weighted by Crippen LogP contribution is 2.34. The van der Waals surface area contributed by atoms with Gasteiger partial charge in [0.05, 0.1) is 0 Å². The van der Waals surface area contributed by atoms with Gasteiger partial charge in [0.25, 0.3) is 11.8 Å². The van der Waals surface area contributed by atoms with Crippen LogP contribution in [-0.4, -0.2) is 93.9 Å². The van der Waals surface area contributed by atoms with Gasteiger partial charge in [0.15, 0.2) is 0 Å². The highest BCUT2D eigenvalue weighted by molar-refractivity contribution is 6.05. The number of rotatable bonds is 12. The van der Waals surface area contributed by atoms with Gasteiger partial charge in [0, 0.05) is 75.3 Å². The van der Waals surface area contributed by atoms with E-state index in [1.165, 1.54) is 11.0 Å². The molecule has 2 atom stereocenters. The summed E-state index contributed by atoms with van der Waals surface area (Å²) >= 11 is 0. The second kappa shape index (κ2) is 18.1. The van der Waals surface area contributed by atoms with Crippen molar-refractivity contribution in [1.29, 1.82) is 0 Å². The minimum Gasteiger partial charge on any atom is -0.353 e. The molecule has 0 aliphatic carbocycles. The number of nitrogens with two attached hydrogens (primary N) is 1. The van der Waals surface area contributed by atoms with Crippen LogP contribution in [0.1, 0.15) is 113 Å². The van der Waals surface area contributed by atoms with Crippen LogP contribution in [-0.2, 0) is 25.7 Å². The second-order valence-electron chi connectivity index (χ2n) is 15.6. The molecule has 3 saturated heterocycles. The minimum atomic E-state index is -0.951. The first kappa shape index (κ1) is 39.5. The Balaban J connectivity index is 0.826. The third-order valence-corrected chi connectivity index (χ3v) is 12.0. The topological polar surface area (TPSA) is 175 Å². The molecule has 0 bridgehead atoms. The van der Waals surface area contributed by atoms with Gasteiger partial charge in [-0.2, -0.15) is 0 Å². The van der Waals surface area contributed by atoms with Gasteiger partial charge in [-0.15, -0.1) is 0 Å². The molecule has 13 heteroatoms. The summed E-state index contributed by atoms with van der Waals surface area (Å²) in [6.07, 6.45) is 13.7. The monoisotopic (exact) mass is 773 g/mol. The fourth-order valence-electron chi connectivity index (χ4n) is 8.64. The molecule has 0 radical (unpaired) electrons. The molecule has 3 aromatic rings. The van der Waals surface area contributed by atoms with E-state index in [9.17, 15) is 28.8 Å². The molecule has 0 spiro atoms. The van der Waals surface area contributed by atoms with E-state index in [2.05, 4.69) is 15.6 Å². The molecule has 4 aliphatic heterocycles. The summed E-state index contributed by atoms with van der Waals surface area (Å²) in [4.78, 5) is 85.9. The Labute approximate surface area is 333 Å². The van der Waals surface area contributed by atoms with Gasteiger partial charge in [-0.25, -0.2) is 0 Å². The summed E-state index contributed by atoms with van der Waals surface area (Å²) in [7, 11) is 0. The summed E-state index contributed by atoms with van der Waals surface area (Å²) in [5.74, 6) is -0.533. The molecule has 1 aromatic heterocycles. The predicted octanol–water partition coefficient (Wildman–Crippen LogP) is 4.10. The number of unbranched alkanes of at least 4 members (excludes halogenated alkanes) is 1. The number of imide groups is 1. The number of nitrogens with one attached hydrogen (secondary N) is 2. The summed E-state index contributed by atoms with van der Waals surface area (Å²) < 4.78 is 0. The zero-order valence-corrected chi connectivity index (χ0v) is 32.2. The second-order valence-corrected chi connectivity index (χ2v) is 15.6. The highest BCUT2D eigenvalue weighted by Gasteiger charge is 2.41. The van der Waals surface area contributed by atoms with E-state index >= 15 is 0 Å². The maximum atomic E-state index is 13.7. The maximum absolute atomic E-state index is 13.7. The number of hydrogen-bond acceptors (Lipinski definition) is 8. The normalized spacial score (nSPS) is 19.8. The van der Waals surface area contributed by atoms with Gasteiger partial charge in [0.2, 0.25) is 23.6 Å². The number of amides is 6. The van der Waals surface area contributed by atoms with E-state index in [1.807, 2.05) is 41.3 Å². The molecule has 2 aromatic carbocycles. The Kier molecular flexibility index (Phi) is 12.5. The fraction of sp³-hybridized carbons (Fsp3) is 0.432. The average Bonchev–Trinajstić information content (AvgIpc) is 3.58. The van der Waals surface area contributed by atoms with Gasteiger partial charge in [-0.3, -0.25) is 39.1 Å². The van der Waals surface area contributed by atoms with Crippen molar-refractivity contribution in [3.8, 4) is 0 Å². The Bertz CT molecular complexity index is 2000. The predicted molar refractivity (Wildman–Crippen MR) is 213 cm³/mol. The zero-order chi connectivity index (χ0) is 39.9. The zero-order valence-electron chi connectivity index (χ0n) is 32.2. The van der Waals surface area contributed by atoms with E-state index in [0.29, 0.717) is 47.8 Å². The SMILES string of the molecule is NC(C(=O)N1CCC(c2ccc(C(=O)N3CCC(CCCCNC(=O)/C=C/c4cccnc4)CC3)cc2)CC1)c1cccc2c1CN(C1CCC(=O)NC1=O)C2=O. The van der Waals surface area contributed by atoms with Crippen LogP contribution in [0.15, 0.2) is 73.1 Å². The lowest BCUT2D eigenvalue weighted by Gasteiger charge is -2.34. The third kappa shape index (κ3) is 9.31. The number of piperidine rings is 3. The number of benzene rings is 2. The van der Waals surface area contributed by atoms with Gasteiger partial charge in [-0.05, 0) is 103 Å². The number of likely N-dealkylation sites (tertiary alicyclic amines) is 2. The van der Waals surface area contributed by atoms with Crippen molar-refractivity contribution in [3.63, 3.8) is 0 Å². The van der Waals surface area contributed by atoms with E-state index in [0.717, 1.165) is 69.2 Å². The van der Waals surface area contributed by atoms with E-state index in [4.69, 9.17) is 5.73 Å². The van der Waals surface area contributed by atoms with Crippen molar-refractivity contribution in [1.82, 2.24) is 30.3 Å². The van der Waals surface area contributed by atoms with Crippen LogP contribution in [0.25, 0.3) is 6.08 Å². The lowest BCUT2D eigenvalue weighted by Crippen LogP contribution is -2.52. The Hall–Kier alpha value is -5.69. The van der Waals surface area contributed by atoms with Crippen molar-refractivity contribution in [2.75, 3.05) is 32.7 Å². The first-order valence-corrected chi connectivity index (χ1v) is 20.2. The number of hydrogen-bond donors (Lipinski definition) is 3. The largest absolute Gasteiger partial charge is 0.353 e. The number of pyridine rings is 1. The molecule has 4 aliphatic rings. The molecule has 3 fully saturated rings. The number of carbonyl (C=O) groups is 6. The van der Waals surface area contributed by atoms with Crippen LogP contribution >= 0.6 is 0 Å². The standard InChI is InChI=1S/C44H51N7O6/c45-40(34-7-3-8-35-36(34)28-51(43(35)56)37-14-16-39(53)48-41(37)54)44(57)50-25-19-32(20-26-50)31-10-12-33(13-11-31)42(55)49-23-17-29(18-24-49)5-1-2-22-47-38(52)15-9-30-6-4-21-46-27-30/h3-4,6-13,15,21,27,29,32,37,40H,1-2,5,14,16-20,22-26,28,45H2,(H,47,52)(H,48,53,54)/b15-9+. The van der Waals surface area contributed by atoms with Crippen molar-refractivity contribution in [2.24, 2.45) is 11.7 Å².